The van der Waals surface area contributed by atoms with Crippen molar-refractivity contribution in [2.75, 3.05) is 0 Å². The molecule has 0 saturated heterocycles. The molecule has 1 aromatic heterocycles. The lowest BCUT2D eigenvalue weighted by molar-refractivity contribution is 0.197. The van der Waals surface area contributed by atoms with E-state index in [9.17, 15) is 5.11 Å². The Morgan fingerprint density at radius 1 is 1.38 bits per heavy atom. The Kier molecular flexibility index (Phi) is 4.62. The topological polar surface area (TPSA) is 33.1 Å². The van der Waals surface area contributed by atoms with Gasteiger partial charge in [0.1, 0.15) is 5.03 Å². The van der Waals surface area contributed by atoms with Crippen LogP contribution >= 0.6 is 21.6 Å². The van der Waals surface area contributed by atoms with Gasteiger partial charge >= 0.3 is 0 Å². The van der Waals surface area contributed by atoms with Crippen LogP contribution < -0.4 is 0 Å². The molecule has 0 aliphatic rings. The van der Waals surface area contributed by atoms with Crippen LogP contribution in [-0.4, -0.2) is 21.4 Å². The van der Waals surface area contributed by atoms with E-state index in [-0.39, 0.29) is 11.4 Å². The molecule has 2 nitrogen and oxygen atoms in total. The molecule has 1 heterocycles. The van der Waals surface area contributed by atoms with E-state index in [0.29, 0.717) is 0 Å². The van der Waals surface area contributed by atoms with E-state index in [2.05, 4.69) is 4.98 Å². The first-order chi connectivity index (χ1) is 6.20. The molecule has 4 heteroatoms. The zero-order chi connectivity index (χ0) is 9.68. The molecule has 0 aliphatic heterocycles. The van der Waals surface area contributed by atoms with Gasteiger partial charge in [0.05, 0.1) is 6.10 Å². The minimum Gasteiger partial charge on any atom is -0.392 e. The van der Waals surface area contributed by atoms with Crippen molar-refractivity contribution in [2.45, 2.75) is 30.2 Å². The molecule has 0 amide bonds. The molecule has 0 aliphatic carbocycles. The molecule has 0 aromatic carbocycles. The van der Waals surface area contributed by atoms with Crippen LogP contribution in [0.1, 0.15) is 13.8 Å². The monoisotopic (exact) mass is 215 g/mol. The summed E-state index contributed by atoms with van der Waals surface area (Å²) < 4.78 is 0. The van der Waals surface area contributed by atoms with Crippen molar-refractivity contribution in [3.8, 4) is 0 Å². The quantitative estimate of drug-likeness (QED) is 0.783. The van der Waals surface area contributed by atoms with Crippen LogP contribution in [0.2, 0.25) is 0 Å². The summed E-state index contributed by atoms with van der Waals surface area (Å²) in [4.78, 5) is 4.17. The normalized spacial score (nSPS) is 15.3. The van der Waals surface area contributed by atoms with Gasteiger partial charge in [0.15, 0.2) is 0 Å². The number of rotatable bonds is 4. The molecule has 0 spiro atoms. The Morgan fingerprint density at radius 2 is 2.15 bits per heavy atom. The zero-order valence-corrected chi connectivity index (χ0v) is 9.31. The second-order valence-corrected chi connectivity index (χ2v) is 5.39. The highest BCUT2D eigenvalue weighted by Crippen LogP contribution is 2.33. The molecular weight excluding hydrogens is 202 g/mol. The lowest BCUT2D eigenvalue weighted by atomic mass is 10.3. The number of hydrogen-bond acceptors (Lipinski definition) is 4. The Hall–Kier alpha value is -0.190. The van der Waals surface area contributed by atoms with Crippen molar-refractivity contribution in [3.63, 3.8) is 0 Å². The lowest BCUT2D eigenvalue weighted by Crippen LogP contribution is -2.13. The minimum atomic E-state index is -0.277. The van der Waals surface area contributed by atoms with Gasteiger partial charge in [-0.1, -0.05) is 16.9 Å². The Balaban J connectivity index is 2.35. The highest BCUT2D eigenvalue weighted by atomic mass is 33.1. The molecule has 1 aromatic rings. The molecular formula is C9H13NOS2. The van der Waals surface area contributed by atoms with Gasteiger partial charge in [-0.05, 0) is 36.8 Å². The van der Waals surface area contributed by atoms with Crippen molar-refractivity contribution in [1.82, 2.24) is 4.98 Å². The van der Waals surface area contributed by atoms with Crippen LogP contribution in [0.15, 0.2) is 29.4 Å². The van der Waals surface area contributed by atoms with Crippen LogP contribution in [0.4, 0.5) is 0 Å². The molecule has 0 bridgehead atoms. The minimum absolute atomic E-state index is 0.229. The van der Waals surface area contributed by atoms with E-state index >= 15 is 0 Å². The maximum atomic E-state index is 9.24. The van der Waals surface area contributed by atoms with Crippen molar-refractivity contribution >= 4 is 21.6 Å². The summed E-state index contributed by atoms with van der Waals surface area (Å²) in [6.07, 6.45) is 1.50. The van der Waals surface area contributed by atoms with E-state index in [4.69, 9.17) is 0 Å². The number of pyridine rings is 1. The first kappa shape index (κ1) is 10.9. The first-order valence-corrected chi connectivity index (χ1v) is 6.34. The van der Waals surface area contributed by atoms with Crippen LogP contribution in [-0.2, 0) is 0 Å². The van der Waals surface area contributed by atoms with Gasteiger partial charge in [-0.15, -0.1) is 0 Å². The third-order valence-corrected chi connectivity index (χ3v) is 4.52. The number of aliphatic hydroxyl groups is 1. The molecule has 0 saturated carbocycles. The summed E-state index contributed by atoms with van der Waals surface area (Å²) in [5, 5.41) is 10.5. The predicted molar refractivity (Wildman–Crippen MR) is 58.8 cm³/mol. The fourth-order valence-corrected chi connectivity index (χ4v) is 2.78. The van der Waals surface area contributed by atoms with E-state index in [1.54, 1.807) is 34.7 Å². The highest BCUT2D eigenvalue weighted by Gasteiger charge is 2.09. The van der Waals surface area contributed by atoms with Gasteiger partial charge < -0.3 is 5.11 Å². The number of nitrogens with zero attached hydrogens (tertiary/aromatic N) is 1. The zero-order valence-electron chi connectivity index (χ0n) is 7.68. The standard InChI is InChI=1S/C9H13NOS2/c1-7(11)8(2)12-13-9-5-3-4-6-10-9/h3-8,11H,1-2H3/t7-,8-/m0/s1. The Labute approximate surface area is 86.6 Å². The third-order valence-electron chi connectivity index (χ3n) is 1.60. The smallest absolute Gasteiger partial charge is 0.106 e. The van der Waals surface area contributed by atoms with Crippen molar-refractivity contribution in [2.24, 2.45) is 0 Å². The summed E-state index contributed by atoms with van der Waals surface area (Å²) in [7, 11) is 3.24. The van der Waals surface area contributed by atoms with Gasteiger partial charge in [0.25, 0.3) is 0 Å². The van der Waals surface area contributed by atoms with Crippen molar-refractivity contribution < 1.29 is 5.11 Å². The van der Waals surface area contributed by atoms with Crippen LogP contribution in [0.3, 0.4) is 0 Å². The van der Waals surface area contributed by atoms with Gasteiger partial charge in [-0.2, -0.15) is 0 Å². The van der Waals surface area contributed by atoms with E-state index in [1.165, 1.54) is 0 Å². The molecule has 1 N–H and O–H groups in total. The molecule has 0 unspecified atom stereocenters. The third kappa shape index (κ3) is 4.02. The van der Waals surface area contributed by atoms with Crippen molar-refractivity contribution in [3.05, 3.63) is 24.4 Å². The van der Waals surface area contributed by atoms with E-state index in [1.807, 2.05) is 25.1 Å². The molecule has 1 rings (SSSR count). The molecule has 0 fully saturated rings. The van der Waals surface area contributed by atoms with Crippen LogP contribution in [0.25, 0.3) is 0 Å². The predicted octanol–water partition coefficient (Wildman–Crippen LogP) is 2.59. The fraction of sp³-hybridized carbons (Fsp3) is 0.444. The van der Waals surface area contributed by atoms with Gasteiger partial charge in [0.2, 0.25) is 0 Å². The van der Waals surface area contributed by atoms with Gasteiger partial charge in [-0.3, -0.25) is 0 Å². The fourth-order valence-electron chi connectivity index (χ4n) is 0.602. The molecule has 72 valence electrons. The summed E-state index contributed by atoms with van der Waals surface area (Å²) in [5.74, 6) is 0. The average molecular weight is 215 g/mol. The maximum Gasteiger partial charge on any atom is 0.106 e. The van der Waals surface area contributed by atoms with Crippen molar-refractivity contribution in [1.29, 1.82) is 0 Å². The molecule has 13 heavy (non-hydrogen) atoms. The number of aliphatic hydroxyl groups excluding tert-OH is 1. The summed E-state index contributed by atoms with van der Waals surface area (Å²) in [5.41, 5.74) is 0. The summed E-state index contributed by atoms with van der Waals surface area (Å²) >= 11 is 0. The van der Waals surface area contributed by atoms with Gasteiger partial charge in [0, 0.05) is 11.4 Å². The largest absolute Gasteiger partial charge is 0.392 e. The Bertz CT molecular complexity index is 241. The maximum absolute atomic E-state index is 9.24. The summed E-state index contributed by atoms with van der Waals surface area (Å²) in [6.45, 7) is 3.81. The number of aromatic nitrogens is 1. The second kappa shape index (κ2) is 5.52. The van der Waals surface area contributed by atoms with Crippen LogP contribution in [0, 0.1) is 0 Å². The second-order valence-electron chi connectivity index (χ2n) is 2.79. The molecule has 0 radical (unpaired) electrons. The van der Waals surface area contributed by atoms with Crippen LogP contribution in [0.5, 0.6) is 0 Å². The first-order valence-electron chi connectivity index (χ1n) is 4.12. The number of hydrogen-bond donors (Lipinski definition) is 1. The SMILES string of the molecule is C[C@H](O)[C@H](C)SSc1ccccn1. The molecule has 2 atom stereocenters. The highest BCUT2D eigenvalue weighted by molar-refractivity contribution is 8.76. The summed E-state index contributed by atoms with van der Waals surface area (Å²) in [6, 6.07) is 5.82. The average Bonchev–Trinajstić information content (AvgIpc) is 2.15. The Morgan fingerprint density at radius 3 is 2.69 bits per heavy atom. The lowest BCUT2D eigenvalue weighted by Gasteiger charge is -2.12. The van der Waals surface area contributed by atoms with Gasteiger partial charge in [-0.25, -0.2) is 4.98 Å². The van der Waals surface area contributed by atoms with E-state index < -0.39 is 0 Å². The van der Waals surface area contributed by atoms with E-state index in [0.717, 1.165) is 5.03 Å².